The lowest BCUT2D eigenvalue weighted by molar-refractivity contribution is -0.153. The Bertz CT molecular complexity index is 986. The number of nitrogens with zero attached hydrogens (tertiary/aromatic N) is 2. The fourth-order valence-electron chi connectivity index (χ4n) is 2.98. The number of nitrogens with two attached hydrogens (primary N) is 1. The first kappa shape index (κ1) is 20.5. The minimum absolute atomic E-state index is 0.0392. The van der Waals surface area contributed by atoms with E-state index in [0.29, 0.717) is 0 Å². The second kappa shape index (κ2) is 7.62. The van der Waals surface area contributed by atoms with Gasteiger partial charge in [0.15, 0.2) is 11.7 Å². The Labute approximate surface area is 167 Å². The molecule has 0 radical (unpaired) electrons. The largest absolute Gasteiger partial charge is 0.463 e. The van der Waals surface area contributed by atoms with Crippen LogP contribution in [0.25, 0.3) is 11.0 Å². The van der Waals surface area contributed by atoms with Gasteiger partial charge in [0.05, 0.1) is 21.5 Å². The van der Waals surface area contributed by atoms with Crippen LogP contribution in [0, 0.1) is 11.3 Å². The van der Waals surface area contributed by atoms with Gasteiger partial charge in [0.25, 0.3) is 5.91 Å². The number of ether oxygens (including phenoxy) is 2. The Balaban J connectivity index is 1.96. The van der Waals surface area contributed by atoms with E-state index in [4.69, 9.17) is 20.6 Å². The number of aliphatic hydroxyl groups is 2. The number of aliphatic hydroxyl groups excluding tert-OH is 2. The molecule has 12 heteroatoms. The van der Waals surface area contributed by atoms with Gasteiger partial charge in [-0.05, 0) is 15.9 Å². The van der Waals surface area contributed by atoms with Gasteiger partial charge < -0.3 is 30.4 Å². The highest BCUT2D eigenvalue weighted by Crippen LogP contribution is 2.33. The summed E-state index contributed by atoms with van der Waals surface area (Å²) in [4.78, 5) is 30.2. The molecule has 0 aliphatic carbocycles. The van der Waals surface area contributed by atoms with Gasteiger partial charge in [0, 0.05) is 0 Å². The SMILES string of the molecule is CC(C)C(=O)OCC1OC(n2cnc(=N)c3c(C(N)=O)c(Br)[nH]c32)C(O)C1O. The van der Waals surface area contributed by atoms with Crippen molar-refractivity contribution in [2.45, 2.75) is 38.4 Å². The van der Waals surface area contributed by atoms with E-state index >= 15 is 0 Å². The van der Waals surface area contributed by atoms with Gasteiger partial charge in [0.1, 0.15) is 36.9 Å². The summed E-state index contributed by atoms with van der Waals surface area (Å²) >= 11 is 3.19. The standard InChI is InChI=1S/C16H20BrN5O6/c1-5(2)16(26)27-3-6-9(23)10(24)15(28-6)22-4-20-12(18)8-7(13(19)25)11(17)21-14(8)22/h4-6,9-10,15,18,21,23-24H,3H2,1-2H3,(H2,19,25). The summed E-state index contributed by atoms with van der Waals surface area (Å²) in [7, 11) is 0. The molecule has 0 saturated carbocycles. The summed E-state index contributed by atoms with van der Waals surface area (Å²) in [5.74, 6) is -1.56. The van der Waals surface area contributed by atoms with Gasteiger partial charge in [-0.1, -0.05) is 13.8 Å². The molecule has 2 aromatic rings. The number of fused-ring (bicyclic) bond motifs is 1. The highest BCUT2D eigenvalue weighted by Gasteiger charge is 2.45. The fourth-order valence-corrected chi connectivity index (χ4v) is 3.56. The quantitative estimate of drug-likeness (QED) is 0.376. The molecule has 152 valence electrons. The van der Waals surface area contributed by atoms with Crippen LogP contribution in [0.3, 0.4) is 0 Å². The number of H-pyrrole nitrogens is 1. The van der Waals surface area contributed by atoms with Crippen LogP contribution in [0.5, 0.6) is 0 Å². The van der Waals surface area contributed by atoms with E-state index in [0.717, 1.165) is 0 Å². The van der Waals surface area contributed by atoms with Crippen molar-refractivity contribution < 1.29 is 29.3 Å². The number of amides is 1. The lowest BCUT2D eigenvalue weighted by atomic mass is 10.1. The van der Waals surface area contributed by atoms with Crippen molar-refractivity contribution in [2.24, 2.45) is 11.7 Å². The average Bonchev–Trinajstić information content (AvgIpc) is 3.12. The highest BCUT2D eigenvalue weighted by molar-refractivity contribution is 9.10. The van der Waals surface area contributed by atoms with E-state index in [-0.39, 0.29) is 39.2 Å². The zero-order valence-electron chi connectivity index (χ0n) is 15.0. The molecular weight excluding hydrogens is 438 g/mol. The number of halogens is 1. The van der Waals surface area contributed by atoms with Crippen molar-refractivity contribution in [1.29, 1.82) is 5.41 Å². The third kappa shape index (κ3) is 3.43. The van der Waals surface area contributed by atoms with Crippen LogP contribution in [0.2, 0.25) is 0 Å². The number of hydrogen-bond acceptors (Lipinski definition) is 8. The smallest absolute Gasteiger partial charge is 0.308 e. The summed E-state index contributed by atoms with van der Waals surface area (Å²) in [5, 5.41) is 28.8. The minimum Gasteiger partial charge on any atom is -0.463 e. The molecule has 4 unspecified atom stereocenters. The van der Waals surface area contributed by atoms with Crippen LogP contribution in [0.1, 0.15) is 30.4 Å². The molecule has 11 nitrogen and oxygen atoms in total. The van der Waals surface area contributed by atoms with E-state index < -0.39 is 36.4 Å². The monoisotopic (exact) mass is 457 g/mol. The van der Waals surface area contributed by atoms with E-state index in [1.54, 1.807) is 13.8 Å². The number of aromatic nitrogens is 3. The molecule has 28 heavy (non-hydrogen) atoms. The maximum absolute atomic E-state index is 11.7. The Hall–Kier alpha value is -2.28. The van der Waals surface area contributed by atoms with Gasteiger partial charge in [-0.3, -0.25) is 19.6 Å². The van der Waals surface area contributed by atoms with Crippen LogP contribution in [-0.2, 0) is 14.3 Å². The van der Waals surface area contributed by atoms with Crippen molar-refractivity contribution in [3.63, 3.8) is 0 Å². The van der Waals surface area contributed by atoms with Crippen LogP contribution >= 0.6 is 15.9 Å². The summed E-state index contributed by atoms with van der Waals surface area (Å²) < 4.78 is 12.4. The molecule has 0 spiro atoms. The summed E-state index contributed by atoms with van der Waals surface area (Å²) in [6.45, 7) is 3.11. The summed E-state index contributed by atoms with van der Waals surface area (Å²) in [5.41, 5.74) is 5.47. The number of hydrogen-bond donors (Lipinski definition) is 5. The third-order valence-corrected chi connectivity index (χ3v) is 5.05. The lowest BCUT2D eigenvalue weighted by Gasteiger charge is -2.19. The van der Waals surface area contributed by atoms with Crippen molar-refractivity contribution in [3.05, 3.63) is 22.0 Å². The molecule has 4 atom stereocenters. The molecule has 3 rings (SSSR count). The van der Waals surface area contributed by atoms with E-state index in [9.17, 15) is 19.8 Å². The fraction of sp³-hybridized carbons (Fsp3) is 0.500. The van der Waals surface area contributed by atoms with Crippen molar-refractivity contribution >= 4 is 38.8 Å². The summed E-state index contributed by atoms with van der Waals surface area (Å²) in [6, 6.07) is 0. The Morgan fingerprint density at radius 1 is 1.46 bits per heavy atom. The van der Waals surface area contributed by atoms with Crippen molar-refractivity contribution in [3.8, 4) is 0 Å². The van der Waals surface area contributed by atoms with Crippen LogP contribution < -0.4 is 11.2 Å². The first-order valence-electron chi connectivity index (χ1n) is 8.44. The molecule has 0 aromatic carbocycles. The van der Waals surface area contributed by atoms with Gasteiger partial charge in [-0.2, -0.15) is 0 Å². The van der Waals surface area contributed by atoms with Crippen LogP contribution in [0.4, 0.5) is 0 Å². The second-order valence-corrected chi connectivity index (χ2v) is 7.53. The minimum atomic E-state index is -1.37. The van der Waals surface area contributed by atoms with Gasteiger partial charge in [-0.15, -0.1) is 0 Å². The third-order valence-electron chi connectivity index (χ3n) is 4.46. The van der Waals surface area contributed by atoms with E-state index in [1.165, 1.54) is 10.9 Å². The Kier molecular flexibility index (Phi) is 5.57. The molecule has 1 saturated heterocycles. The molecule has 6 N–H and O–H groups in total. The number of rotatable bonds is 5. The molecule has 1 aliphatic heterocycles. The number of nitrogens with one attached hydrogen (secondary N) is 2. The van der Waals surface area contributed by atoms with Crippen LogP contribution in [0.15, 0.2) is 10.9 Å². The zero-order chi connectivity index (χ0) is 20.7. The molecule has 3 heterocycles. The van der Waals surface area contributed by atoms with Crippen LogP contribution in [-0.4, -0.2) is 61.5 Å². The maximum Gasteiger partial charge on any atom is 0.308 e. The van der Waals surface area contributed by atoms with E-state index in [1.807, 2.05) is 0 Å². The number of carbonyl (C=O) groups excluding carboxylic acids is 2. The molecule has 0 bridgehead atoms. The Morgan fingerprint density at radius 2 is 2.14 bits per heavy atom. The molecule has 1 amide bonds. The maximum atomic E-state index is 11.7. The average molecular weight is 458 g/mol. The summed E-state index contributed by atoms with van der Waals surface area (Å²) in [6.07, 6.45) is -3.51. The number of esters is 1. The Morgan fingerprint density at radius 3 is 2.75 bits per heavy atom. The molecule has 1 fully saturated rings. The predicted octanol–water partition coefficient (Wildman–Crippen LogP) is -0.476. The van der Waals surface area contributed by atoms with Crippen molar-refractivity contribution in [1.82, 2.24) is 14.5 Å². The van der Waals surface area contributed by atoms with E-state index in [2.05, 4.69) is 25.9 Å². The molecule has 1 aliphatic rings. The number of aromatic amines is 1. The first-order valence-corrected chi connectivity index (χ1v) is 9.23. The zero-order valence-corrected chi connectivity index (χ0v) is 16.6. The van der Waals surface area contributed by atoms with Gasteiger partial charge in [-0.25, -0.2) is 4.98 Å². The number of carbonyl (C=O) groups is 2. The first-order chi connectivity index (χ1) is 13.1. The van der Waals surface area contributed by atoms with Crippen molar-refractivity contribution in [2.75, 3.05) is 6.61 Å². The number of primary amides is 1. The predicted molar refractivity (Wildman–Crippen MR) is 97.9 cm³/mol. The molecule has 2 aromatic heterocycles. The second-order valence-electron chi connectivity index (χ2n) is 6.73. The lowest BCUT2D eigenvalue weighted by Crippen LogP contribution is -2.35. The van der Waals surface area contributed by atoms with Gasteiger partial charge in [0.2, 0.25) is 0 Å². The normalized spacial score (nSPS) is 24.8. The molecular formula is C16H20BrN5O6. The topological polar surface area (TPSA) is 177 Å². The van der Waals surface area contributed by atoms with Gasteiger partial charge >= 0.3 is 5.97 Å². The highest BCUT2D eigenvalue weighted by atomic mass is 79.9.